The number of aromatic nitrogens is 4. The highest BCUT2D eigenvalue weighted by molar-refractivity contribution is 5.78. The average molecular weight is 426 g/mol. The SMILES string of the molecule is N#CCCn1nc(-c2ccc([N+](=O)[O-])cc2)cc1-n1c(C(F)(F)F)nc2ccccc21. The molecule has 0 amide bonds. The van der Waals surface area contributed by atoms with Crippen LogP contribution in [0.4, 0.5) is 18.9 Å². The molecule has 2 aromatic heterocycles. The molecule has 0 unspecified atom stereocenters. The third-order valence-electron chi connectivity index (χ3n) is 4.61. The summed E-state index contributed by atoms with van der Waals surface area (Å²) in [7, 11) is 0. The molecule has 0 bridgehead atoms. The summed E-state index contributed by atoms with van der Waals surface area (Å²) < 4.78 is 43.6. The van der Waals surface area contributed by atoms with Crippen molar-refractivity contribution >= 4 is 16.7 Å². The van der Waals surface area contributed by atoms with Crippen LogP contribution < -0.4 is 0 Å². The van der Waals surface area contributed by atoms with Crippen LogP contribution in [0.25, 0.3) is 28.1 Å². The molecular weight excluding hydrogens is 413 g/mol. The Balaban J connectivity index is 1.93. The molecule has 0 N–H and O–H groups in total. The molecule has 2 aromatic carbocycles. The Hall–Kier alpha value is -4.20. The Bertz CT molecular complexity index is 1320. The van der Waals surface area contributed by atoms with Crippen molar-refractivity contribution in [3.63, 3.8) is 0 Å². The van der Waals surface area contributed by atoms with E-state index in [-0.39, 0.29) is 35.5 Å². The number of non-ortho nitro benzene ring substituents is 1. The van der Waals surface area contributed by atoms with Gasteiger partial charge in [0.15, 0.2) is 0 Å². The van der Waals surface area contributed by atoms with Gasteiger partial charge in [-0.05, 0) is 24.3 Å². The van der Waals surface area contributed by atoms with Crippen LogP contribution in [0.2, 0.25) is 0 Å². The molecule has 156 valence electrons. The summed E-state index contributed by atoms with van der Waals surface area (Å²) >= 11 is 0. The third-order valence-corrected chi connectivity index (χ3v) is 4.61. The predicted molar refractivity (Wildman–Crippen MR) is 104 cm³/mol. The van der Waals surface area contributed by atoms with Crippen molar-refractivity contribution in [1.29, 1.82) is 5.26 Å². The van der Waals surface area contributed by atoms with Crippen molar-refractivity contribution in [1.82, 2.24) is 19.3 Å². The second-order valence-corrected chi connectivity index (χ2v) is 6.58. The van der Waals surface area contributed by atoms with E-state index < -0.39 is 16.9 Å². The number of alkyl halides is 3. The van der Waals surface area contributed by atoms with Gasteiger partial charge in [-0.15, -0.1) is 0 Å². The average Bonchev–Trinajstić information content (AvgIpc) is 3.33. The summed E-state index contributed by atoms with van der Waals surface area (Å²) in [6.07, 6.45) is -4.70. The smallest absolute Gasteiger partial charge is 0.273 e. The molecule has 0 fully saturated rings. The minimum absolute atomic E-state index is 0.0301. The van der Waals surface area contributed by atoms with Crippen molar-refractivity contribution in [2.75, 3.05) is 0 Å². The van der Waals surface area contributed by atoms with Gasteiger partial charge in [-0.3, -0.25) is 14.7 Å². The number of hydrogen-bond acceptors (Lipinski definition) is 5. The van der Waals surface area contributed by atoms with Crippen LogP contribution in [0.15, 0.2) is 54.6 Å². The fourth-order valence-corrected chi connectivity index (χ4v) is 3.25. The molecule has 0 aliphatic carbocycles. The highest BCUT2D eigenvalue weighted by atomic mass is 19.4. The zero-order valence-electron chi connectivity index (χ0n) is 15.7. The number of para-hydroxylation sites is 2. The molecule has 0 atom stereocenters. The van der Waals surface area contributed by atoms with Gasteiger partial charge >= 0.3 is 6.18 Å². The van der Waals surface area contributed by atoms with Gasteiger partial charge in [0.2, 0.25) is 5.82 Å². The van der Waals surface area contributed by atoms with Crippen molar-refractivity contribution in [2.45, 2.75) is 19.1 Å². The number of benzene rings is 2. The Morgan fingerprint density at radius 1 is 1.13 bits per heavy atom. The molecule has 0 aliphatic heterocycles. The highest BCUT2D eigenvalue weighted by Crippen LogP contribution is 2.35. The molecule has 4 aromatic rings. The highest BCUT2D eigenvalue weighted by Gasteiger charge is 2.39. The van der Waals surface area contributed by atoms with E-state index in [9.17, 15) is 23.3 Å². The predicted octanol–water partition coefficient (Wildman–Crippen LogP) is 4.73. The number of aryl methyl sites for hydroxylation is 1. The molecule has 31 heavy (non-hydrogen) atoms. The lowest BCUT2D eigenvalue weighted by atomic mass is 10.1. The van der Waals surface area contributed by atoms with Crippen LogP contribution in [0.3, 0.4) is 0 Å². The lowest BCUT2D eigenvalue weighted by Gasteiger charge is -2.12. The lowest BCUT2D eigenvalue weighted by Crippen LogP contribution is -2.17. The lowest BCUT2D eigenvalue weighted by molar-refractivity contribution is -0.384. The Morgan fingerprint density at radius 3 is 2.48 bits per heavy atom. The Morgan fingerprint density at radius 2 is 1.84 bits per heavy atom. The van der Waals surface area contributed by atoms with Crippen LogP contribution in [-0.4, -0.2) is 24.3 Å². The molecule has 11 heteroatoms. The number of imidazole rings is 1. The van der Waals surface area contributed by atoms with Gasteiger partial charge in [-0.2, -0.15) is 23.5 Å². The molecule has 0 spiro atoms. The van der Waals surface area contributed by atoms with Gasteiger partial charge < -0.3 is 0 Å². The largest absolute Gasteiger partial charge is 0.450 e. The maximum Gasteiger partial charge on any atom is 0.450 e. The van der Waals surface area contributed by atoms with Gasteiger partial charge in [0.25, 0.3) is 5.69 Å². The molecule has 8 nitrogen and oxygen atoms in total. The number of nitro groups is 1. The first-order chi connectivity index (χ1) is 14.8. The van der Waals surface area contributed by atoms with Crippen molar-refractivity contribution in [3.8, 4) is 23.1 Å². The summed E-state index contributed by atoms with van der Waals surface area (Å²) in [4.78, 5) is 14.1. The number of nitriles is 1. The second kappa shape index (κ2) is 7.56. The maximum atomic E-state index is 13.8. The van der Waals surface area contributed by atoms with Gasteiger partial charge in [-0.1, -0.05) is 12.1 Å². The second-order valence-electron chi connectivity index (χ2n) is 6.58. The maximum absolute atomic E-state index is 13.8. The number of halogens is 3. The minimum Gasteiger partial charge on any atom is -0.273 e. The van der Waals surface area contributed by atoms with Crippen molar-refractivity contribution < 1.29 is 18.1 Å². The molecule has 0 saturated carbocycles. The molecule has 0 aliphatic rings. The van der Waals surface area contributed by atoms with E-state index in [1.54, 1.807) is 12.1 Å². The van der Waals surface area contributed by atoms with E-state index in [1.165, 1.54) is 47.1 Å². The number of nitro benzene ring substituents is 1. The van der Waals surface area contributed by atoms with Crippen LogP contribution in [0.5, 0.6) is 0 Å². The monoisotopic (exact) mass is 426 g/mol. The molecule has 0 radical (unpaired) electrons. The normalized spacial score (nSPS) is 11.5. The molecule has 4 rings (SSSR count). The standard InChI is InChI=1S/C20H13F3N6O2/c21-20(22,23)19-25-15-4-1-2-5-17(15)28(19)18-12-16(26-27(18)11-3-10-24)13-6-8-14(9-7-13)29(30)31/h1-2,4-9,12H,3,11H2. The molecular formula is C20H13F3N6O2. The summed E-state index contributed by atoms with van der Waals surface area (Å²) in [5.74, 6) is -1.02. The number of nitrogens with zero attached hydrogens (tertiary/aromatic N) is 6. The summed E-state index contributed by atoms with van der Waals surface area (Å²) in [5, 5.41) is 24.2. The van der Waals surface area contributed by atoms with Crippen LogP contribution in [0.1, 0.15) is 12.2 Å². The Labute approximate surface area is 172 Å². The van der Waals surface area contributed by atoms with E-state index in [0.29, 0.717) is 11.3 Å². The molecule has 0 saturated heterocycles. The quantitative estimate of drug-likeness (QED) is 0.339. The fourth-order valence-electron chi connectivity index (χ4n) is 3.25. The topological polar surface area (TPSA) is 103 Å². The van der Waals surface area contributed by atoms with E-state index in [1.807, 2.05) is 6.07 Å². The van der Waals surface area contributed by atoms with Gasteiger partial charge in [0.05, 0.1) is 40.7 Å². The van der Waals surface area contributed by atoms with E-state index in [2.05, 4.69) is 10.1 Å². The molecule has 2 heterocycles. The number of hydrogen-bond donors (Lipinski definition) is 0. The van der Waals surface area contributed by atoms with E-state index in [0.717, 1.165) is 4.57 Å². The first-order valence-electron chi connectivity index (χ1n) is 9.04. The minimum atomic E-state index is -4.73. The summed E-state index contributed by atoms with van der Waals surface area (Å²) in [6.45, 7) is 0.0582. The number of fused-ring (bicyclic) bond motifs is 1. The van der Waals surface area contributed by atoms with Crippen LogP contribution >= 0.6 is 0 Å². The van der Waals surface area contributed by atoms with Gasteiger partial charge in [0, 0.05) is 23.8 Å². The summed E-state index contributed by atoms with van der Waals surface area (Å²) in [6, 6.07) is 15.1. The van der Waals surface area contributed by atoms with E-state index >= 15 is 0 Å². The van der Waals surface area contributed by atoms with Gasteiger partial charge in [-0.25, -0.2) is 9.67 Å². The zero-order valence-corrected chi connectivity index (χ0v) is 15.7. The van der Waals surface area contributed by atoms with E-state index in [4.69, 9.17) is 5.26 Å². The van der Waals surface area contributed by atoms with Crippen molar-refractivity contribution in [2.24, 2.45) is 0 Å². The van der Waals surface area contributed by atoms with Gasteiger partial charge in [0.1, 0.15) is 5.82 Å². The van der Waals surface area contributed by atoms with Crippen LogP contribution in [-0.2, 0) is 12.7 Å². The zero-order chi connectivity index (χ0) is 22.2. The summed E-state index contributed by atoms with van der Waals surface area (Å²) in [5.41, 5.74) is 1.09. The first kappa shape index (κ1) is 20.1. The Kier molecular flexibility index (Phi) is 4.90. The first-order valence-corrected chi connectivity index (χ1v) is 9.04. The van der Waals surface area contributed by atoms with Crippen molar-refractivity contribution in [3.05, 3.63) is 70.5 Å². The fraction of sp³-hybridized carbons (Fsp3) is 0.150. The third kappa shape index (κ3) is 3.71. The van der Waals surface area contributed by atoms with Crippen LogP contribution in [0, 0.1) is 21.4 Å². The number of rotatable bonds is 5.